The van der Waals surface area contributed by atoms with E-state index in [4.69, 9.17) is 4.74 Å². The highest BCUT2D eigenvalue weighted by molar-refractivity contribution is 8.14. The smallest absolute Gasteiger partial charge is 0.225 e. The van der Waals surface area contributed by atoms with Gasteiger partial charge >= 0.3 is 0 Å². The minimum absolute atomic E-state index is 0.0677. The van der Waals surface area contributed by atoms with Gasteiger partial charge in [-0.1, -0.05) is 23.9 Å². The first-order chi connectivity index (χ1) is 8.69. The molecule has 2 rings (SSSR count). The van der Waals surface area contributed by atoms with Crippen molar-refractivity contribution in [3.05, 3.63) is 29.8 Å². The van der Waals surface area contributed by atoms with Gasteiger partial charge in [0.05, 0.1) is 19.6 Å². The number of thioether (sulfide) groups is 1. The summed E-state index contributed by atoms with van der Waals surface area (Å²) in [5.41, 5.74) is 0.909. The molecule has 0 saturated carbocycles. The van der Waals surface area contributed by atoms with Gasteiger partial charge in [-0.05, 0) is 24.1 Å². The highest BCUT2D eigenvalue weighted by atomic mass is 32.2. The molecule has 1 heterocycles. The molecule has 0 unspecified atom stereocenters. The number of hydrogen-bond donors (Lipinski definition) is 1. The molecule has 4 nitrogen and oxygen atoms in total. The molecule has 0 spiro atoms. The third kappa shape index (κ3) is 3.26. The first-order valence-electron chi connectivity index (χ1n) is 5.78. The molecule has 96 valence electrons. The maximum Gasteiger partial charge on any atom is 0.225 e. The SMILES string of the molecule is COc1ccc(CC(=O)N[C@H]2CCSC2=O)cc1. The van der Waals surface area contributed by atoms with E-state index in [-0.39, 0.29) is 17.1 Å². The van der Waals surface area contributed by atoms with Crippen LogP contribution in [0, 0.1) is 0 Å². The van der Waals surface area contributed by atoms with E-state index in [1.165, 1.54) is 11.8 Å². The molecule has 1 amide bonds. The summed E-state index contributed by atoms with van der Waals surface area (Å²) in [6, 6.07) is 7.03. The maximum absolute atomic E-state index is 11.8. The lowest BCUT2D eigenvalue weighted by atomic mass is 10.1. The van der Waals surface area contributed by atoms with Crippen LogP contribution in [0.5, 0.6) is 5.75 Å². The normalized spacial score (nSPS) is 18.7. The minimum atomic E-state index is -0.305. The summed E-state index contributed by atoms with van der Waals surface area (Å²) >= 11 is 1.29. The van der Waals surface area contributed by atoms with Crippen molar-refractivity contribution in [3.8, 4) is 5.75 Å². The van der Waals surface area contributed by atoms with Crippen LogP contribution in [-0.4, -0.2) is 29.9 Å². The minimum Gasteiger partial charge on any atom is -0.497 e. The Morgan fingerprint density at radius 2 is 2.17 bits per heavy atom. The first-order valence-corrected chi connectivity index (χ1v) is 6.76. The lowest BCUT2D eigenvalue weighted by Crippen LogP contribution is -2.38. The summed E-state index contributed by atoms with van der Waals surface area (Å²) in [5.74, 6) is 1.45. The van der Waals surface area contributed by atoms with E-state index in [0.29, 0.717) is 6.42 Å². The van der Waals surface area contributed by atoms with Crippen molar-refractivity contribution in [1.82, 2.24) is 5.32 Å². The number of carbonyl (C=O) groups is 2. The van der Waals surface area contributed by atoms with Gasteiger partial charge in [0.2, 0.25) is 11.0 Å². The van der Waals surface area contributed by atoms with Gasteiger partial charge in [-0.25, -0.2) is 0 Å². The van der Waals surface area contributed by atoms with Gasteiger partial charge in [0.1, 0.15) is 5.75 Å². The van der Waals surface area contributed by atoms with Gasteiger partial charge in [-0.3, -0.25) is 9.59 Å². The van der Waals surface area contributed by atoms with Crippen molar-refractivity contribution >= 4 is 22.8 Å². The summed E-state index contributed by atoms with van der Waals surface area (Å²) in [5, 5.41) is 2.83. The zero-order valence-corrected chi connectivity index (χ0v) is 11.0. The highest BCUT2D eigenvalue weighted by Gasteiger charge is 2.26. The standard InChI is InChI=1S/C13H15NO3S/c1-17-10-4-2-9(3-5-10)8-12(15)14-11-6-7-18-13(11)16/h2-5,11H,6-8H2,1H3,(H,14,15)/t11-/m0/s1. The largest absolute Gasteiger partial charge is 0.497 e. The van der Waals surface area contributed by atoms with E-state index >= 15 is 0 Å². The number of methoxy groups -OCH3 is 1. The third-order valence-electron chi connectivity index (χ3n) is 2.79. The van der Waals surface area contributed by atoms with Crippen molar-refractivity contribution in [1.29, 1.82) is 0 Å². The Balaban J connectivity index is 1.88. The van der Waals surface area contributed by atoms with Crippen LogP contribution in [-0.2, 0) is 16.0 Å². The third-order valence-corrected chi connectivity index (χ3v) is 3.80. The number of rotatable bonds is 4. The van der Waals surface area contributed by atoms with Gasteiger partial charge in [-0.15, -0.1) is 0 Å². The second-order valence-corrected chi connectivity index (χ2v) is 5.20. The summed E-state index contributed by atoms with van der Waals surface area (Å²) in [4.78, 5) is 23.1. The number of ether oxygens (including phenoxy) is 1. The average molecular weight is 265 g/mol. The van der Waals surface area contributed by atoms with Gasteiger partial charge in [0, 0.05) is 5.75 Å². The summed E-state index contributed by atoms with van der Waals surface area (Å²) in [7, 11) is 1.60. The Labute approximate surface area is 110 Å². The molecule has 1 aromatic carbocycles. The Kier molecular flexibility index (Phi) is 4.25. The van der Waals surface area contributed by atoms with Crippen LogP contribution < -0.4 is 10.1 Å². The maximum atomic E-state index is 11.8. The van der Waals surface area contributed by atoms with E-state index < -0.39 is 0 Å². The van der Waals surface area contributed by atoms with E-state index in [2.05, 4.69) is 5.32 Å². The number of benzene rings is 1. The second kappa shape index (κ2) is 5.91. The van der Waals surface area contributed by atoms with Gasteiger partial charge < -0.3 is 10.1 Å². The number of nitrogens with one attached hydrogen (secondary N) is 1. The first kappa shape index (κ1) is 13.0. The molecule has 1 aliphatic heterocycles. The van der Waals surface area contributed by atoms with E-state index in [0.717, 1.165) is 23.5 Å². The van der Waals surface area contributed by atoms with E-state index in [1.54, 1.807) is 7.11 Å². The second-order valence-electron chi connectivity index (χ2n) is 4.10. The lowest BCUT2D eigenvalue weighted by molar-refractivity contribution is -0.124. The molecule has 1 saturated heterocycles. The van der Waals surface area contributed by atoms with Crippen LogP contribution in [0.25, 0.3) is 0 Å². The number of hydrogen-bond acceptors (Lipinski definition) is 4. The molecule has 18 heavy (non-hydrogen) atoms. The molecule has 0 aliphatic carbocycles. The molecule has 0 bridgehead atoms. The van der Waals surface area contributed by atoms with Crippen LogP contribution in [0.3, 0.4) is 0 Å². The van der Waals surface area contributed by atoms with Crippen molar-refractivity contribution in [2.45, 2.75) is 18.9 Å². The van der Waals surface area contributed by atoms with Gasteiger partial charge in [-0.2, -0.15) is 0 Å². The summed E-state index contributed by atoms with van der Waals surface area (Å²) in [6.07, 6.45) is 1.02. The molecule has 5 heteroatoms. The number of amides is 1. The van der Waals surface area contributed by atoms with Crippen LogP contribution in [0.2, 0.25) is 0 Å². The quantitative estimate of drug-likeness (QED) is 0.893. The Bertz CT molecular complexity index is 444. The lowest BCUT2D eigenvalue weighted by Gasteiger charge is -2.10. The Morgan fingerprint density at radius 1 is 1.44 bits per heavy atom. The van der Waals surface area contributed by atoms with Crippen molar-refractivity contribution in [2.75, 3.05) is 12.9 Å². The molecule has 0 radical (unpaired) electrons. The Morgan fingerprint density at radius 3 is 2.72 bits per heavy atom. The van der Waals surface area contributed by atoms with Crippen LogP contribution in [0.15, 0.2) is 24.3 Å². The molecular weight excluding hydrogens is 250 g/mol. The van der Waals surface area contributed by atoms with Gasteiger partial charge in [0.25, 0.3) is 0 Å². The van der Waals surface area contributed by atoms with Crippen molar-refractivity contribution < 1.29 is 14.3 Å². The molecule has 1 aromatic rings. The molecule has 1 aliphatic rings. The molecule has 1 atom stereocenters. The topological polar surface area (TPSA) is 55.4 Å². The summed E-state index contributed by atoms with van der Waals surface area (Å²) in [6.45, 7) is 0. The van der Waals surface area contributed by atoms with Crippen LogP contribution in [0.1, 0.15) is 12.0 Å². The highest BCUT2D eigenvalue weighted by Crippen LogP contribution is 2.19. The monoisotopic (exact) mass is 265 g/mol. The summed E-state index contributed by atoms with van der Waals surface area (Å²) < 4.78 is 5.05. The van der Waals surface area contributed by atoms with Crippen molar-refractivity contribution in [3.63, 3.8) is 0 Å². The predicted molar refractivity (Wildman–Crippen MR) is 70.7 cm³/mol. The van der Waals surface area contributed by atoms with Crippen LogP contribution in [0.4, 0.5) is 0 Å². The zero-order valence-electron chi connectivity index (χ0n) is 10.1. The fraction of sp³-hybridized carbons (Fsp3) is 0.385. The number of carbonyl (C=O) groups excluding carboxylic acids is 2. The molecular formula is C13H15NO3S. The zero-order chi connectivity index (χ0) is 13.0. The molecule has 0 aromatic heterocycles. The molecule has 1 N–H and O–H groups in total. The predicted octanol–water partition coefficient (Wildman–Crippen LogP) is 1.39. The van der Waals surface area contributed by atoms with Crippen molar-refractivity contribution in [2.24, 2.45) is 0 Å². The fourth-order valence-corrected chi connectivity index (χ4v) is 2.73. The molecule has 1 fully saturated rings. The fourth-order valence-electron chi connectivity index (χ4n) is 1.80. The van der Waals surface area contributed by atoms with Crippen LogP contribution >= 0.6 is 11.8 Å². The average Bonchev–Trinajstić information content (AvgIpc) is 2.76. The van der Waals surface area contributed by atoms with E-state index in [9.17, 15) is 9.59 Å². The van der Waals surface area contributed by atoms with E-state index in [1.807, 2.05) is 24.3 Å². The van der Waals surface area contributed by atoms with Gasteiger partial charge in [0.15, 0.2) is 0 Å². The Hall–Kier alpha value is -1.49.